The smallest absolute Gasteiger partial charge is 0.213 e. The van der Waals surface area contributed by atoms with Crippen LogP contribution in [0.1, 0.15) is 17.0 Å². The Balaban J connectivity index is 2.02. The first-order valence-electron chi connectivity index (χ1n) is 4.93. The topological polar surface area (TPSA) is 44.5 Å². The van der Waals surface area contributed by atoms with Crippen molar-refractivity contribution in [1.29, 1.82) is 0 Å². The van der Waals surface area contributed by atoms with Crippen molar-refractivity contribution in [3.05, 3.63) is 46.0 Å². The Morgan fingerprint density at radius 2 is 2.13 bits per heavy atom. The summed E-state index contributed by atoms with van der Waals surface area (Å²) in [5, 5.41) is 5.74. The molecule has 1 aromatic heterocycles. The van der Waals surface area contributed by atoms with E-state index in [0.29, 0.717) is 4.77 Å². The summed E-state index contributed by atoms with van der Waals surface area (Å²) >= 11 is 4.89. The molecule has 0 amide bonds. The molecule has 2 N–H and O–H groups in total. The Morgan fingerprint density at radius 3 is 2.80 bits per heavy atom. The Bertz CT molecular complexity index is 498. The van der Waals surface area contributed by atoms with Gasteiger partial charge in [-0.05, 0) is 31.1 Å². The van der Waals surface area contributed by atoms with Crippen molar-refractivity contribution >= 4 is 12.2 Å². The molecule has 0 radical (unpaired) electrons. The van der Waals surface area contributed by atoms with Crippen molar-refractivity contribution in [2.45, 2.75) is 19.8 Å². The predicted molar refractivity (Wildman–Crippen MR) is 62.4 cm³/mol. The average Bonchev–Trinajstić information content (AvgIpc) is 2.62. The molecule has 15 heavy (non-hydrogen) atoms. The normalized spacial score (nSPS) is 10.5. The van der Waals surface area contributed by atoms with Gasteiger partial charge in [-0.3, -0.25) is 10.2 Å². The fourth-order valence-electron chi connectivity index (χ4n) is 1.55. The summed E-state index contributed by atoms with van der Waals surface area (Å²) in [6.07, 6.45) is 1.87. The molecule has 0 bridgehead atoms. The van der Waals surface area contributed by atoms with E-state index in [9.17, 15) is 0 Å². The molecule has 3 nitrogen and oxygen atoms in total. The fraction of sp³-hybridized carbons (Fsp3) is 0.273. The van der Waals surface area contributed by atoms with E-state index in [1.54, 1.807) is 0 Å². The van der Waals surface area contributed by atoms with Crippen LogP contribution in [0.25, 0.3) is 0 Å². The molecule has 0 unspecified atom stereocenters. The maximum Gasteiger partial charge on any atom is 0.213 e. The van der Waals surface area contributed by atoms with Gasteiger partial charge in [-0.1, -0.05) is 29.8 Å². The minimum absolute atomic E-state index is 0.522. The lowest BCUT2D eigenvalue weighted by atomic mass is 10.1. The van der Waals surface area contributed by atoms with E-state index in [1.807, 2.05) is 0 Å². The first-order chi connectivity index (χ1) is 7.24. The zero-order chi connectivity index (χ0) is 10.7. The minimum Gasteiger partial charge on any atom is -0.286 e. The van der Waals surface area contributed by atoms with Gasteiger partial charge in [0.1, 0.15) is 5.82 Å². The summed E-state index contributed by atoms with van der Waals surface area (Å²) in [6.45, 7) is 2.10. The number of rotatable bonds is 3. The number of nitrogens with one attached hydrogen (secondary N) is 2. The third-order valence-electron chi connectivity index (χ3n) is 2.28. The first kappa shape index (κ1) is 10.1. The zero-order valence-electron chi connectivity index (χ0n) is 8.58. The highest BCUT2D eigenvalue weighted by Crippen LogP contribution is 2.06. The standard InChI is InChI=1S/C11H13N3S/c1-8-3-2-4-9(7-8)5-6-10-12-11(15)14-13-10/h2-4,7H,5-6H2,1H3,(H2,12,13,14,15). The van der Waals surface area contributed by atoms with E-state index >= 15 is 0 Å². The van der Waals surface area contributed by atoms with Crippen LogP contribution in [-0.4, -0.2) is 15.2 Å². The van der Waals surface area contributed by atoms with E-state index in [-0.39, 0.29) is 0 Å². The van der Waals surface area contributed by atoms with Crippen LogP contribution in [0.15, 0.2) is 24.3 Å². The van der Waals surface area contributed by atoms with Crippen molar-refractivity contribution in [2.24, 2.45) is 0 Å². The highest BCUT2D eigenvalue weighted by molar-refractivity contribution is 7.71. The monoisotopic (exact) mass is 219 g/mol. The predicted octanol–water partition coefficient (Wildman–Crippen LogP) is 2.56. The lowest BCUT2D eigenvalue weighted by Crippen LogP contribution is -1.93. The first-order valence-corrected chi connectivity index (χ1v) is 5.34. The SMILES string of the molecule is Cc1cccc(CCc2nc(=S)[nH][nH]2)c1. The maximum absolute atomic E-state index is 4.89. The van der Waals surface area contributed by atoms with Crippen LogP contribution in [0.2, 0.25) is 0 Å². The second-order valence-corrected chi connectivity index (χ2v) is 3.99. The van der Waals surface area contributed by atoms with Gasteiger partial charge in [0.2, 0.25) is 4.77 Å². The Kier molecular flexibility index (Phi) is 2.97. The molecule has 0 saturated carbocycles. The van der Waals surface area contributed by atoms with Crippen LogP contribution in [0, 0.1) is 11.7 Å². The maximum atomic E-state index is 4.89. The summed E-state index contributed by atoms with van der Waals surface area (Å²) in [5.74, 6) is 0.918. The largest absolute Gasteiger partial charge is 0.286 e. The second-order valence-electron chi connectivity index (χ2n) is 3.60. The lowest BCUT2D eigenvalue weighted by molar-refractivity contribution is 0.864. The summed E-state index contributed by atoms with van der Waals surface area (Å²) in [7, 11) is 0. The number of H-pyrrole nitrogens is 2. The van der Waals surface area contributed by atoms with Crippen LogP contribution in [0.4, 0.5) is 0 Å². The van der Waals surface area contributed by atoms with Gasteiger partial charge in [-0.15, -0.1) is 0 Å². The van der Waals surface area contributed by atoms with Gasteiger partial charge in [-0.2, -0.15) is 0 Å². The van der Waals surface area contributed by atoms with Crippen LogP contribution < -0.4 is 0 Å². The summed E-state index contributed by atoms with van der Waals surface area (Å²) in [4.78, 5) is 4.15. The van der Waals surface area contributed by atoms with Crippen molar-refractivity contribution in [3.8, 4) is 0 Å². The zero-order valence-corrected chi connectivity index (χ0v) is 9.40. The second kappa shape index (κ2) is 4.40. The molecule has 0 spiro atoms. The number of aryl methyl sites for hydroxylation is 3. The molecule has 0 aliphatic heterocycles. The Labute approximate surface area is 93.6 Å². The van der Waals surface area contributed by atoms with Gasteiger partial charge in [0, 0.05) is 6.42 Å². The molecule has 78 valence electrons. The molecule has 1 aromatic carbocycles. The molecule has 0 saturated heterocycles. The highest BCUT2D eigenvalue weighted by atomic mass is 32.1. The molecule has 2 rings (SSSR count). The molecule has 4 heteroatoms. The van der Waals surface area contributed by atoms with Crippen LogP contribution in [0.3, 0.4) is 0 Å². The van der Waals surface area contributed by atoms with E-state index in [0.717, 1.165) is 18.7 Å². The summed E-state index contributed by atoms with van der Waals surface area (Å²) in [6, 6.07) is 8.51. The summed E-state index contributed by atoms with van der Waals surface area (Å²) < 4.78 is 0.522. The van der Waals surface area contributed by atoms with Crippen LogP contribution in [-0.2, 0) is 12.8 Å². The number of hydrogen-bond donors (Lipinski definition) is 2. The van der Waals surface area contributed by atoms with E-state index in [2.05, 4.69) is 46.4 Å². The Morgan fingerprint density at radius 1 is 1.27 bits per heavy atom. The molecule has 0 aliphatic carbocycles. The van der Waals surface area contributed by atoms with E-state index in [4.69, 9.17) is 12.2 Å². The minimum atomic E-state index is 0.522. The number of hydrogen-bond acceptors (Lipinski definition) is 2. The molecule has 0 aliphatic rings. The molecule has 1 heterocycles. The molecular weight excluding hydrogens is 206 g/mol. The van der Waals surface area contributed by atoms with Gasteiger partial charge < -0.3 is 0 Å². The van der Waals surface area contributed by atoms with Crippen molar-refractivity contribution in [1.82, 2.24) is 15.2 Å². The van der Waals surface area contributed by atoms with E-state index < -0.39 is 0 Å². The Hall–Kier alpha value is -1.42. The van der Waals surface area contributed by atoms with Crippen molar-refractivity contribution in [3.63, 3.8) is 0 Å². The van der Waals surface area contributed by atoms with Gasteiger partial charge >= 0.3 is 0 Å². The third-order valence-corrected chi connectivity index (χ3v) is 2.48. The van der Waals surface area contributed by atoms with Gasteiger partial charge in [0.15, 0.2) is 0 Å². The number of aromatic amines is 2. The number of nitrogens with zero attached hydrogens (tertiary/aromatic N) is 1. The van der Waals surface area contributed by atoms with E-state index in [1.165, 1.54) is 11.1 Å². The van der Waals surface area contributed by atoms with Gasteiger partial charge in [0.05, 0.1) is 0 Å². The molecule has 0 fully saturated rings. The van der Waals surface area contributed by atoms with Crippen molar-refractivity contribution < 1.29 is 0 Å². The third kappa shape index (κ3) is 2.76. The average molecular weight is 219 g/mol. The van der Waals surface area contributed by atoms with Crippen LogP contribution in [0.5, 0.6) is 0 Å². The molecule has 2 aromatic rings. The lowest BCUT2D eigenvalue weighted by Gasteiger charge is -2.00. The number of aromatic nitrogens is 3. The summed E-state index contributed by atoms with van der Waals surface area (Å²) in [5.41, 5.74) is 2.62. The molecule has 0 atom stereocenters. The fourth-order valence-corrected chi connectivity index (χ4v) is 1.71. The van der Waals surface area contributed by atoms with Crippen molar-refractivity contribution in [2.75, 3.05) is 0 Å². The van der Waals surface area contributed by atoms with Gasteiger partial charge in [-0.25, -0.2) is 4.98 Å². The highest BCUT2D eigenvalue weighted by Gasteiger charge is 1.98. The van der Waals surface area contributed by atoms with Gasteiger partial charge in [0.25, 0.3) is 0 Å². The number of benzene rings is 1. The quantitative estimate of drug-likeness (QED) is 0.779. The molecular formula is C11H13N3S. The van der Waals surface area contributed by atoms with Crippen LogP contribution >= 0.6 is 12.2 Å².